The van der Waals surface area contributed by atoms with E-state index in [0.717, 1.165) is 6.54 Å². The van der Waals surface area contributed by atoms with E-state index in [1.54, 1.807) is 0 Å². The van der Waals surface area contributed by atoms with Crippen molar-refractivity contribution in [1.82, 2.24) is 10.6 Å². The molecule has 17 heavy (non-hydrogen) atoms. The van der Waals surface area contributed by atoms with Crippen LogP contribution < -0.4 is 10.6 Å². The Morgan fingerprint density at radius 1 is 1.41 bits per heavy atom. The number of hydrogen-bond donors (Lipinski definition) is 3. The topological polar surface area (TPSA) is 79.8 Å². The fraction of sp³-hybridized carbons (Fsp3) is 0.909. The lowest BCUT2D eigenvalue weighted by Crippen LogP contribution is -2.52. The summed E-state index contributed by atoms with van der Waals surface area (Å²) in [4.78, 5) is 11.8. The van der Waals surface area contributed by atoms with Crippen molar-refractivity contribution < 1.29 is 19.4 Å². The zero-order valence-corrected chi connectivity index (χ0v) is 9.91. The highest BCUT2D eigenvalue weighted by atomic mass is 16.5. The number of amides is 1. The molecule has 6 heteroatoms. The van der Waals surface area contributed by atoms with Crippen molar-refractivity contribution >= 4 is 5.91 Å². The average molecular weight is 244 g/mol. The van der Waals surface area contributed by atoms with Gasteiger partial charge in [-0.15, -0.1) is 0 Å². The zero-order chi connectivity index (χ0) is 12.1. The first-order valence-corrected chi connectivity index (χ1v) is 6.10. The molecule has 0 aromatic carbocycles. The molecule has 3 N–H and O–H groups in total. The monoisotopic (exact) mass is 244 g/mol. The molecule has 0 aromatic rings. The molecule has 2 aliphatic heterocycles. The predicted octanol–water partition coefficient (Wildman–Crippen LogP) is -1.37. The number of morpholine rings is 1. The fourth-order valence-electron chi connectivity index (χ4n) is 2.03. The SMILES string of the molecule is O=C(NCC1(O)CCOCC1)C1CNCCO1. The van der Waals surface area contributed by atoms with Gasteiger partial charge in [-0.1, -0.05) is 0 Å². The molecule has 0 spiro atoms. The van der Waals surface area contributed by atoms with Crippen molar-refractivity contribution in [2.45, 2.75) is 24.5 Å². The van der Waals surface area contributed by atoms with E-state index in [1.807, 2.05) is 0 Å². The Bertz CT molecular complexity index is 260. The van der Waals surface area contributed by atoms with Crippen molar-refractivity contribution in [3.63, 3.8) is 0 Å². The number of ether oxygens (including phenoxy) is 2. The molecule has 2 saturated heterocycles. The minimum Gasteiger partial charge on any atom is -0.388 e. The second-order valence-corrected chi connectivity index (χ2v) is 4.62. The number of carbonyl (C=O) groups excluding carboxylic acids is 1. The van der Waals surface area contributed by atoms with Crippen LogP contribution in [0.2, 0.25) is 0 Å². The van der Waals surface area contributed by atoms with Crippen LogP contribution in [-0.4, -0.2) is 62.2 Å². The van der Waals surface area contributed by atoms with Gasteiger partial charge in [0.2, 0.25) is 0 Å². The Kier molecular flexibility index (Phi) is 4.33. The first-order valence-electron chi connectivity index (χ1n) is 6.10. The van der Waals surface area contributed by atoms with Gasteiger partial charge < -0.3 is 25.2 Å². The second-order valence-electron chi connectivity index (χ2n) is 4.62. The summed E-state index contributed by atoms with van der Waals surface area (Å²) in [5.74, 6) is -0.155. The highest BCUT2D eigenvalue weighted by molar-refractivity contribution is 5.81. The fourth-order valence-corrected chi connectivity index (χ4v) is 2.03. The van der Waals surface area contributed by atoms with Crippen molar-refractivity contribution in [1.29, 1.82) is 0 Å². The van der Waals surface area contributed by atoms with E-state index in [-0.39, 0.29) is 12.5 Å². The number of carbonyl (C=O) groups is 1. The normalized spacial score (nSPS) is 28.6. The molecule has 0 bridgehead atoms. The molecule has 2 heterocycles. The molecule has 2 rings (SSSR count). The molecule has 0 radical (unpaired) electrons. The highest BCUT2D eigenvalue weighted by Crippen LogP contribution is 2.19. The third-order valence-electron chi connectivity index (χ3n) is 3.24. The molecule has 0 saturated carbocycles. The van der Waals surface area contributed by atoms with Gasteiger partial charge in [-0.2, -0.15) is 0 Å². The minimum atomic E-state index is -0.823. The van der Waals surface area contributed by atoms with Gasteiger partial charge in [0.15, 0.2) is 0 Å². The molecule has 0 aromatic heterocycles. The molecule has 6 nitrogen and oxygen atoms in total. The van der Waals surface area contributed by atoms with Gasteiger partial charge in [0, 0.05) is 45.7 Å². The Labute approximate surface area is 101 Å². The summed E-state index contributed by atoms with van der Waals surface area (Å²) in [5, 5.41) is 16.0. The number of rotatable bonds is 3. The van der Waals surface area contributed by atoms with E-state index in [1.165, 1.54) is 0 Å². The van der Waals surface area contributed by atoms with E-state index in [9.17, 15) is 9.90 Å². The van der Waals surface area contributed by atoms with Crippen LogP contribution in [0.15, 0.2) is 0 Å². The van der Waals surface area contributed by atoms with Crippen molar-refractivity contribution in [3.05, 3.63) is 0 Å². The first kappa shape index (κ1) is 12.8. The average Bonchev–Trinajstić information content (AvgIpc) is 2.38. The Hall–Kier alpha value is -0.690. The van der Waals surface area contributed by atoms with Gasteiger partial charge in [0.25, 0.3) is 5.91 Å². The van der Waals surface area contributed by atoms with E-state index in [2.05, 4.69) is 10.6 Å². The van der Waals surface area contributed by atoms with Crippen molar-refractivity contribution in [2.75, 3.05) is 39.5 Å². The van der Waals surface area contributed by atoms with Crippen LogP contribution in [0, 0.1) is 0 Å². The van der Waals surface area contributed by atoms with Crippen LogP contribution in [0.4, 0.5) is 0 Å². The Morgan fingerprint density at radius 2 is 2.18 bits per heavy atom. The molecular weight excluding hydrogens is 224 g/mol. The molecule has 1 unspecified atom stereocenters. The molecule has 2 aliphatic rings. The van der Waals surface area contributed by atoms with E-state index in [0.29, 0.717) is 39.2 Å². The quantitative estimate of drug-likeness (QED) is 0.571. The number of aliphatic hydroxyl groups is 1. The summed E-state index contributed by atoms with van der Waals surface area (Å²) in [7, 11) is 0. The maximum Gasteiger partial charge on any atom is 0.250 e. The van der Waals surface area contributed by atoms with Gasteiger partial charge in [0.1, 0.15) is 6.10 Å². The molecular formula is C11H20N2O4. The lowest BCUT2D eigenvalue weighted by molar-refractivity contribution is -0.136. The van der Waals surface area contributed by atoms with Gasteiger partial charge >= 0.3 is 0 Å². The van der Waals surface area contributed by atoms with Gasteiger partial charge in [-0.3, -0.25) is 4.79 Å². The summed E-state index contributed by atoms with van der Waals surface area (Å²) in [5.41, 5.74) is -0.823. The van der Waals surface area contributed by atoms with E-state index >= 15 is 0 Å². The molecule has 2 fully saturated rings. The minimum absolute atomic E-state index is 0.155. The largest absolute Gasteiger partial charge is 0.388 e. The van der Waals surface area contributed by atoms with Crippen LogP contribution in [-0.2, 0) is 14.3 Å². The third kappa shape index (κ3) is 3.64. The summed E-state index contributed by atoms with van der Waals surface area (Å²) in [6.45, 7) is 3.24. The van der Waals surface area contributed by atoms with Crippen LogP contribution in [0.25, 0.3) is 0 Å². The maximum atomic E-state index is 11.8. The summed E-state index contributed by atoms with van der Waals surface area (Å²) >= 11 is 0. The van der Waals surface area contributed by atoms with Crippen LogP contribution >= 0.6 is 0 Å². The van der Waals surface area contributed by atoms with Crippen molar-refractivity contribution in [3.8, 4) is 0 Å². The number of nitrogens with one attached hydrogen (secondary N) is 2. The Morgan fingerprint density at radius 3 is 2.82 bits per heavy atom. The maximum absolute atomic E-state index is 11.8. The summed E-state index contributed by atoms with van der Waals surface area (Å²) in [6, 6.07) is 0. The Balaban J connectivity index is 1.74. The lowest BCUT2D eigenvalue weighted by atomic mass is 9.94. The van der Waals surface area contributed by atoms with Crippen LogP contribution in [0.5, 0.6) is 0 Å². The molecule has 98 valence electrons. The van der Waals surface area contributed by atoms with Gasteiger partial charge in [0.05, 0.1) is 12.2 Å². The smallest absolute Gasteiger partial charge is 0.250 e. The second kappa shape index (κ2) is 5.77. The third-order valence-corrected chi connectivity index (χ3v) is 3.24. The zero-order valence-electron chi connectivity index (χ0n) is 9.91. The van der Waals surface area contributed by atoms with Gasteiger partial charge in [-0.05, 0) is 0 Å². The van der Waals surface area contributed by atoms with E-state index < -0.39 is 11.7 Å². The van der Waals surface area contributed by atoms with E-state index in [4.69, 9.17) is 9.47 Å². The predicted molar refractivity (Wildman–Crippen MR) is 60.6 cm³/mol. The van der Waals surface area contributed by atoms with Gasteiger partial charge in [-0.25, -0.2) is 0 Å². The number of hydrogen-bond acceptors (Lipinski definition) is 5. The standard InChI is InChI=1S/C11H20N2O4/c14-10(9-7-12-3-6-17-9)13-8-11(15)1-4-16-5-2-11/h9,12,15H,1-8H2,(H,13,14). The van der Waals surface area contributed by atoms with Crippen LogP contribution in [0.1, 0.15) is 12.8 Å². The summed E-state index contributed by atoms with van der Waals surface area (Å²) < 4.78 is 10.5. The molecule has 0 aliphatic carbocycles. The lowest BCUT2D eigenvalue weighted by Gasteiger charge is -2.33. The highest BCUT2D eigenvalue weighted by Gasteiger charge is 2.31. The molecule has 1 amide bonds. The molecule has 1 atom stereocenters. The summed E-state index contributed by atoms with van der Waals surface area (Å²) in [6.07, 6.45) is 0.695. The van der Waals surface area contributed by atoms with Crippen molar-refractivity contribution in [2.24, 2.45) is 0 Å². The van der Waals surface area contributed by atoms with Crippen LogP contribution in [0.3, 0.4) is 0 Å². The first-order chi connectivity index (χ1) is 8.20.